The van der Waals surface area contributed by atoms with Gasteiger partial charge >= 0.3 is 0 Å². The second-order valence-electron chi connectivity index (χ2n) is 3.71. The first kappa shape index (κ1) is 10.8. The number of nitrogens with zero attached hydrogens (tertiary/aromatic N) is 1. The van der Waals surface area contributed by atoms with Crippen LogP contribution in [0.5, 0.6) is 0 Å². The van der Waals surface area contributed by atoms with Gasteiger partial charge in [0.05, 0.1) is 0 Å². The molecule has 4 heteroatoms. The smallest absolute Gasteiger partial charge is 0.224 e. The molecule has 2 unspecified atom stereocenters. The van der Waals surface area contributed by atoms with Crippen LogP contribution in [0.2, 0.25) is 0 Å². The number of carbonyl (C=O) groups excluding carboxylic acids is 1. The highest BCUT2D eigenvalue weighted by Crippen LogP contribution is 2.25. The normalized spacial score (nSPS) is 31.8. The molecule has 2 saturated heterocycles. The Morgan fingerprint density at radius 3 is 3.08 bits per heavy atom. The highest BCUT2D eigenvalue weighted by Gasteiger charge is 2.41. The molecule has 2 heterocycles. The minimum atomic E-state index is 0. The number of rotatable bonds is 2. The summed E-state index contributed by atoms with van der Waals surface area (Å²) in [5.41, 5.74) is 0. The van der Waals surface area contributed by atoms with Crippen LogP contribution in [0.4, 0.5) is 0 Å². The van der Waals surface area contributed by atoms with Crippen LogP contribution in [0.3, 0.4) is 0 Å². The summed E-state index contributed by atoms with van der Waals surface area (Å²) >= 11 is 0. The van der Waals surface area contributed by atoms with Gasteiger partial charge in [-0.15, -0.1) is 12.4 Å². The number of nitrogens with one attached hydrogen (secondary N) is 1. The Balaban J connectivity index is 0.000000845. The van der Waals surface area contributed by atoms with E-state index in [-0.39, 0.29) is 12.4 Å². The fraction of sp³-hybridized carbons (Fsp3) is 0.889. The maximum atomic E-state index is 11.5. The minimum absolute atomic E-state index is 0. The van der Waals surface area contributed by atoms with E-state index in [0.717, 1.165) is 32.4 Å². The van der Waals surface area contributed by atoms with Crippen LogP contribution < -0.4 is 5.32 Å². The predicted molar refractivity (Wildman–Crippen MR) is 54.1 cm³/mol. The molecule has 1 N–H and O–H groups in total. The molecule has 0 radical (unpaired) electrons. The van der Waals surface area contributed by atoms with E-state index in [0.29, 0.717) is 18.0 Å². The van der Waals surface area contributed by atoms with Gasteiger partial charge in [-0.3, -0.25) is 4.79 Å². The van der Waals surface area contributed by atoms with E-state index in [1.54, 1.807) is 0 Å². The molecular formula is C9H17ClN2O. The zero-order chi connectivity index (χ0) is 8.55. The summed E-state index contributed by atoms with van der Waals surface area (Å²) < 4.78 is 0. The van der Waals surface area contributed by atoms with Crippen molar-refractivity contribution < 1.29 is 4.79 Å². The molecule has 0 aliphatic carbocycles. The third-order valence-electron chi connectivity index (χ3n) is 2.89. The van der Waals surface area contributed by atoms with Gasteiger partial charge in [-0.2, -0.15) is 0 Å². The fourth-order valence-corrected chi connectivity index (χ4v) is 2.36. The number of hydrogen-bond acceptors (Lipinski definition) is 2. The maximum Gasteiger partial charge on any atom is 0.224 e. The highest BCUT2D eigenvalue weighted by molar-refractivity contribution is 5.85. The van der Waals surface area contributed by atoms with E-state index < -0.39 is 0 Å². The lowest BCUT2D eigenvalue weighted by Crippen LogP contribution is -2.36. The number of halogens is 1. The van der Waals surface area contributed by atoms with Crippen LogP contribution in [-0.4, -0.2) is 36.0 Å². The van der Waals surface area contributed by atoms with E-state index in [4.69, 9.17) is 0 Å². The van der Waals surface area contributed by atoms with Crippen LogP contribution in [0.25, 0.3) is 0 Å². The summed E-state index contributed by atoms with van der Waals surface area (Å²) in [5.74, 6) is 0.346. The highest BCUT2D eigenvalue weighted by atomic mass is 35.5. The van der Waals surface area contributed by atoms with Crippen molar-refractivity contribution in [1.82, 2.24) is 10.2 Å². The first-order valence-corrected chi connectivity index (χ1v) is 4.85. The standard InChI is InChI=1S/C9H16N2O.ClH/c1-2-5-11-8-3-4-10-7(8)6-9(11)12;/h7-8,10H,2-6H2,1H3;1H. The average molecular weight is 205 g/mol. The van der Waals surface area contributed by atoms with Crippen LogP contribution in [0, 0.1) is 0 Å². The molecule has 1 amide bonds. The fourth-order valence-electron chi connectivity index (χ4n) is 2.36. The summed E-state index contributed by atoms with van der Waals surface area (Å²) in [5, 5.41) is 3.37. The number of fused-ring (bicyclic) bond motifs is 1. The quantitative estimate of drug-likeness (QED) is 0.721. The van der Waals surface area contributed by atoms with Crippen molar-refractivity contribution in [3.05, 3.63) is 0 Å². The van der Waals surface area contributed by atoms with Gasteiger partial charge in [-0.25, -0.2) is 0 Å². The SMILES string of the molecule is CCCN1C(=O)CC2NCCC21.Cl. The molecule has 2 aliphatic heterocycles. The van der Waals surface area contributed by atoms with Gasteiger partial charge in [0.1, 0.15) is 0 Å². The lowest BCUT2D eigenvalue weighted by atomic mass is 10.1. The van der Waals surface area contributed by atoms with E-state index >= 15 is 0 Å². The third kappa shape index (κ3) is 1.81. The second kappa shape index (κ2) is 4.29. The zero-order valence-electron chi connectivity index (χ0n) is 7.95. The molecule has 2 atom stereocenters. The Labute approximate surface area is 85.3 Å². The molecule has 0 bridgehead atoms. The van der Waals surface area contributed by atoms with E-state index in [2.05, 4.69) is 17.1 Å². The maximum absolute atomic E-state index is 11.5. The largest absolute Gasteiger partial charge is 0.338 e. The molecule has 76 valence electrons. The van der Waals surface area contributed by atoms with Gasteiger partial charge in [-0.1, -0.05) is 6.92 Å². The molecular weight excluding hydrogens is 188 g/mol. The van der Waals surface area contributed by atoms with Gasteiger partial charge in [0.15, 0.2) is 0 Å². The Morgan fingerprint density at radius 2 is 2.38 bits per heavy atom. The van der Waals surface area contributed by atoms with Crippen LogP contribution in [0.1, 0.15) is 26.2 Å². The van der Waals surface area contributed by atoms with Crippen LogP contribution in [0.15, 0.2) is 0 Å². The Bertz CT molecular complexity index is 198. The lowest BCUT2D eigenvalue weighted by molar-refractivity contribution is -0.129. The van der Waals surface area contributed by atoms with Gasteiger partial charge in [-0.05, 0) is 19.4 Å². The molecule has 2 aliphatic rings. The lowest BCUT2D eigenvalue weighted by Gasteiger charge is -2.22. The van der Waals surface area contributed by atoms with E-state index in [1.165, 1.54) is 0 Å². The summed E-state index contributed by atoms with van der Waals surface area (Å²) in [6.07, 6.45) is 2.95. The zero-order valence-corrected chi connectivity index (χ0v) is 8.77. The molecule has 0 saturated carbocycles. The van der Waals surface area contributed by atoms with Gasteiger partial charge < -0.3 is 10.2 Å². The number of hydrogen-bond donors (Lipinski definition) is 1. The van der Waals surface area contributed by atoms with Crippen molar-refractivity contribution in [2.45, 2.75) is 38.3 Å². The van der Waals surface area contributed by atoms with Gasteiger partial charge in [0, 0.05) is 25.0 Å². The summed E-state index contributed by atoms with van der Waals surface area (Å²) in [6, 6.07) is 0.974. The molecule has 2 rings (SSSR count). The van der Waals surface area contributed by atoms with E-state index in [9.17, 15) is 4.79 Å². The Hall–Kier alpha value is -0.280. The molecule has 0 aromatic heterocycles. The number of likely N-dealkylation sites (tertiary alicyclic amines) is 1. The first-order chi connectivity index (χ1) is 5.83. The average Bonchev–Trinajstić information content (AvgIpc) is 2.56. The molecule has 13 heavy (non-hydrogen) atoms. The van der Waals surface area contributed by atoms with Crippen molar-refractivity contribution in [3.63, 3.8) is 0 Å². The van der Waals surface area contributed by atoms with Crippen molar-refractivity contribution in [1.29, 1.82) is 0 Å². The molecule has 2 fully saturated rings. The monoisotopic (exact) mass is 204 g/mol. The molecule has 0 aromatic rings. The van der Waals surface area contributed by atoms with Crippen molar-refractivity contribution in [2.75, 3.05) is 13.1 Å². The molecule has 0 aromatic carbocycles. The van der Waals surface area contributed by atoms with Gasteiger partial charge in [0.25, 0.3) is 0 Å². The Morgan fingerprint density at radius 1 is 1.62 bits per heavy atom. The van der Waals surface area contributed by atoms with Crippen molar-refractivity contribution in [2.24, 2.45) is 0 Å². The first-order valence-electron chi connectivity index (χ1n) is 4.85. The predicted octanol–water partition coefficient (Wildman–Crippen LogP) is 0.781. The summed E-state index contributed by atoms with van der Waals surface area (Å²) in [6.45, 7) is 4.16. The summed E-state index contributed by atoms with van der Waals surface area (Å²) in [7, 11) is 0. The topological polar surface area (TPSA) is 32.3 Å². The third-order valence-corrected chi connectivity index (χ3v) is 2.89. The molecule has 0 spiro atoms. The minimum Gasteiger partial charge on any atom is -0.338 e. The van der Waals surface area contributed by atoms with E-state index in [1.807, 2.05) is 0 Å². The van der Waals surface area contributed by atoms with Gasteiger partial charge in [0.2, 0.25) is 5.91 Å². The van der Waals surface area contributed by atoms with Crippen LogP contribution in [-0.2, 0) is 4.79 Å². The summed E-state index contributed by atoms with van der Waals surface area (Å²) in [4.78, 5) is 13.5. The van der Waals surface area contributed by atoms with Crippen LogP contribution >= 0.6 is 12.4 Å². The van der Waals surface area contributed by atoms with Crippen molar-refractivity contribution >= 4 is 18.3 Å². The number of carbonyl (C=O) groups is 1. The second-order valence-corrected chi connectivity index (χ2v) is 3.71. The van der Waals surface area contributed by atoms with Crippen molar-refractivity contribution in [3.8, 4) is 0 Å². The Kier molecular flexibility index (Phi) is 3.56. The molecule has 3 nitrogen and oxygen atoms in total. The number of amides is 1.